The van der Waals surface area contributed by atoms with Gasteiger partial charge in [-0.1, -0.05) is 66.7 Å². The Morgan fingerprint density at radius 3 is 2.35 bits per heavy atom. The molecule has 43 heavy (non-hydrogen) atoms. The van der Waals surface area contributed by atoms with Gasteiger partial charge in [0.05, 0.1) is 32.2 Å². The Bertz CT molecular complexity index is 1630. The van der Waals surface area contributed by atoms with Gasteiger partial charge < -0.3 is 30.7 Å². The monoisotopic (exact) mass is 582 g/mol. The van der Waals surface area contributed by atoms with Crippen LogP contribution < -0.4 is 20.7 Å². The van der Waals surface area contributed by atoms with Crippen molar-refractivity contribution in [2.45, 2.75) is 26.3 Å². The topological polar surface area (TPSA) is 137 Å². The zero-order valence-electron chi connectivity index (χ0n) is 24.1. The van der Waals surface area contributed by atoms with Gasteiger partial charge in [-0.3, -0.25) is 14.4 Å². The molecule has 10 nitrogen and oxygen atoms in total. The zero-order chi connectivity index (χ0) is 30.8. The summed E-state index contributed by atoms with van der Waals surface area (Å²) in [4.78, 5) is 51.1. The first-order valence-corrected chi connectivity index (χ1v) is 13.8. The van der Waals surface area contributed by atoms with E-state index in [-0.39, 0.29) is 38.4 Å². The number of benzene rings is 4. The second-order valence-corrected chi connectivity index (χ2v) is 9.98. The Balaban J connectivity index is 1.36. The van der Waals surface area contributed by atoms with E-state index in [0.29, 0.717) is 22.7 Å². The molecule has 0 fully saturated rings. The van der Waals surface area contributed by atoms with Crippen LogP contribution in [0.15, 0.2) is 84.9 Å². The Morgan fingerprint density at radius 1 is 0.860 bits per heavy atom. The molecule has 4 N–H and O–H groups in total. The van der Waals surface area contributed by atoms with E-state index in [9.17, 15) is 24.3 Å². The molecule has 222 valence electrons. The van der Waals surface area contributed by atoms with Gasteiger partial charge in [-0.2, -0.15) is 0 Å². The highest BCUT2D eigenvalue weighted by Crippen LogP contribution is 2.26. The number of fused-ring (bicyclic) bond motifs is 1. The van der Waals surface area contributed by atoms with Crippen molar-refractivity contribution in [1.82, 2.24) is 10.2 Å². The van der Waals surface area contributed by atoms with Crippen LogP contribution in [0, 0.1) is 6.92 Å². The van der Waals surface area contributed by atoms with Crippen LogP contribution in [0.5, 0.6) is 5.75 Å². The number of nitrogens with one attached hydrogen (secondary N) is 3. The highest BCUT2D eigenvalue weighted by molar-refractivity contribution is 6.01. The van der Waals surface area contributed by atoms with E-state index in [0.717, 1.165) is 21.9 Å². The van der Waals surface area contributed by atoms with Crippen LogP contribution in [0.2, 0.25) is 0 Å². The molecule has 0 aliphatic carbocycles. The summed E-state index contributed by atoms with van der Waals surface area (Å²) in [5.74, 6) is -1.42. The lowest BCUT2D eigenvalue weighted by molar-refractivity contribution is -0.139. The number of carboxylic acids is 1. The van der Waals surface area contributed by atoms with Gasteiger partial charge in [0, 0.05) is 18.8 Å². The molecular formula is C33H34N4O6. The average molecular weight is 583 g/mol. The molecule has 0 atom stereocenters. The second-order valence-electron chi connectivity index (χ2n) is 9.98. The van der Waals surface area contributed by atoms with Crippen LogP contribution in [0.25, 0.3) is 10.8 Å². The number of hydrogen-bond acceptors (Lipinski definition) is 5. The molecule has 4 amide bonds. The minimum absolute atomic E-state index is 0.0103. The molecule has 0 saturated heterocycles. The van der Waals surface area contributed by atoms with Crippen molar-refractivity contribution in [2.24, 2.45) is 0 Å². The first kappa shape index (κ1) is 30.6. The van der Waals surface area contributed by atoms with Gasteiger partial charge in [0.2, 0.25) is 11.8 Å². The number of nitrogens with zero attached hydrogens (tertiary/aromatic N) is 1. The largest absolute Gasteiger partial charge is 0.495 e. The molecule has 4 aromatic rings. The van der Waals surface area contributed by atoms with E-state index in [2.05, 4.69) is 16.0 Å². The first-order chi connectivity index (χ1) is 20.7. The Morgan fingerprint density at radius 2 is 1.58 bits per heavy atom. The highest BCUT2D eigenvalue weighted by Gasteiger charge is 2.18. The van der Waals surface area contributed by atoms with Crippen molar-refractivity contribution in [3.63, 3.8) is 0 Å². The van der Waals surface area contributed by atoms with Crippen LogP contribution in [-0.4, -0.2) is 54.0 Å². The summed E-state index contributed by atoms with van der Waals surface area (Å²) in [6, 6.07) is 25.5. The predicted molar refractivity (Wildman–Crippen MR) is 165 cm³/mol. The summed E-state index contributed by atoms with van der Waals surface area (Å²) in [6.07, 6.45) is -0.245. The second kappa shape index (κ2) is 14.5. The van der Waals surface area contributed by atoms with Crippen molar-refractivity contribution in [2.75, 3.05) is 30.8 Å². The number of carboxylic acid groups (broad SMARTS) is 1. The quantitative estimate of drug-likeness (QED) is 0.186. The molecule has 0 radical (unpaired) electrons. The fourth-order valence-corrected chi connectivity index (χ4v) is 4.63. The number of aliphatic carboxylic acids is 1. The first-order valence-electron chi connectivity index (χ1n) is 13.8. The molecular weight excluding hydrogens is 548 g/mol. The predicted octanol–water partition coefficient (Wildman–Crippen LogP) is 4.96. The van der Waals surface area contributed by atoms with Gasteiger partial charge in [-0.05, 0) is 52.6 Å². The molecule has 4 aromatic carbocycles. The molecule has 0 unspecified atom stereocenters. The number of anilines is 2. The van der Waals surface area contributed by atoms with E-state index >= 15 is 0 Å². The van der Waals surface area contributed by atoms with Gasteiger partial charge in [-0.25, -0.2) is 4.79 Å². The van der Waals surface area contributed by atoms with Crippen LogP contribution >= 0.6 is 0 Å². The van der Waals surface area contributed by atoms with Gasteiger partial charge >= 0.3 is 12.0 Å². The van der Waals surface area contributed by atoms with Crippen LogP contribution in [0.3, 0.4) is 0 Å². The van der Waals surface area contributed by atoms with Gasteiger partial charge in [0.15, 0.2) is 0 Å². The smallest absolute Gasteiger partial charge is 0.323 e. The minimum atomic E-state index is -1.01. The molecule has 0 aromatic heterocycles. The Labute approximate surface area is 249 Å². The fraction of sp³-hybridized carbons (Fsp3) is 0.212. The molecule has 0 saturated carbocycles. The molecule has 0 aliphatic heterocycles. The van der Waals surface area contributed by atoms with Gasteiger partial charge in [0.25, 0.3) is 0 Å². The van der Waals surface area contributed by atoms with Crippen molar-refractivity contribution >= 4 is 46.0 Å². The van der Waals surface area contributed by atoms with E-state index < -0.39 is 17.9 Å². The number of urea groups is 1. The lowest BCUT2D eigenvalue weighted by Gasteiger charge is -2.23. The average Bonchev–Trinajstić information content (AvgIpc) is 3.00. The van der Waals surface area contributed by atoms with E-state index in [4.69, 9.17) is 4.74 Å². The summed E-state index contributed by atoms with van der Waals surface area (Å²) < 4.78 is 5.42. The maximum absolute atomic E-state index is 13.1. The van der Waals surface area contributed by atoms with Crippen LogP contribution in [0.1, 0.15) is 23.1 Å². The van der Waals surface area contributed by atoms with Crippen LogP contribution in [-0.2, 0) is 27.3 Å². The third kappa shape index (κ3) is 8.56. The standard InChI is InChI=1S/C33H34N4O6/c1-22-8-3-6-13-27(22)35-33(42)36-28-15-14-23(18-29(28)43-2)19-30(38)34-20-31(39)37(17-16-32(40)41)21-25-11-7-10-24-9-4-5-12-26(24)25/h3-15,18H,16-17,19-21H2,1-2H3,(H,34,38)(H,40,41)(H2,35,36,42). The molecule has 0 heterocycles. The minimum Gasteiger partial charge on any atom is -0.495 e. The fourth-order valence-electron chi connectivity index (χ4n) is 4.63. The third-order valence-electron chi connectivity index (χ3n) is 6.90. The van der Waals surface area contributed by atoms with Gasteiger partial charge in [-0.15, -0.1) is 0 Å². The van der Waals surface area contributed by atoms with E-state index in [1.54, 1.807) is 24.3 Å². The molecule has 10 heteroatoms. The van der Waals surface area contributed by atoms with Crippen molar-refractivity contribution in [3.05, 3.63) is 102 Å². The summed E-state index contributed by atoms with van der Waals surface area (Å²) >= 11 is 0. The van der Waals surface area contributed by atoms with Crippen LogP contribution in [0.4, 0.5) is 16.2 Å². The van der Waals surface area contributed by atoms with Gasteiger partial charge in [0.1, 0.15) is 5.75 Å². The zero-order valence-corrected chi connectivity index (χ0v) is 24.1. The summed E-state index contributed by atoms with van der Waals surface area (Å²) in [6.45, 7) is 1.84. The molecule has 4 rings (SSSR count). The SMILES string of the molecule is COc1cc(CC(=O)NCC(=O)N(CCC(=O)O)Cc2cccc3ccccc23)ccc1NC(=O)Nc1ccccc1C. The Hall–Kier alpha value is -5.38. The lowest BCUT2D eigenvalue weighted by Crippen LogP contribution is -2.41. The Kier molecular flexibility index (Phi) is 10.3. The summed E-state index contributed by atoms with van der Waals surface area (Å²) in [5, 5.41) is 19.4. The van der Waals surface area contributed by atoms with Crippen molar-refractivity contribution in [3.8, 4) is 5.75 Å². The number of methoxy groups -OCH3 is 1. The van der Waals surface area contributed by atoms with Crippen molar-refractivity contribution < 1.29 is 29.0 Å². The summed E-state index contributed by atoms with van der Waals surface area (Å²) in [7, 11) is 1.46. The maximum atomic E-state index is 13.1. The summed E-state index contributed by atoms with van der Waals surface area (Å²) in [5.41, 5.74) is 3.53. The number of rotatable bonds is 12. The number of aryl methyl sites for hydroxylation is 1. The number of ether oxygens (including phenoxy) is 1. The van der Waals surface area contributed by atoms with E-state index in [1.807, 2.05) is 67.6 Å². The maximum Gasteiger partial charge on any atom is 0.323 e. The highest BCUT2D eigenvalue weighted by atomic mass is 16.5. The number of hydrogen-bond donors (Lipinski definition) is 4. The molecule has 0 aliphatic rings. The number of para-hydroxylation sites is 1. The van der Waals surface area contributed by atoms with Crippen molar-refractivity contribution in [1.29, 1.82) is 0 Å². The lowest BCUT2D eigenvalue weighted by atomic mass is 10.0. The number of carbonyl (C=O) groups is 4. The molecule has 0 spiro atoms. The molecule has 0 bridgehead atoms. The number of amides is 4. The number of carbonyl (C=O) groups excluding carboxylic acids is 3. The normalized spacial score (nSPS) is 10.6. The third-order valence-corrected chi connectivity index (χ3v) is 6.90. The van der Waals surface area contributed by atoms with E-state index in [1.165, 1.54) is 12.0 Å².